The van der Waals surface area contributed by atoms with Crippen LogP contribution in [0.15, 0.2) is 5.03 Å². The van der Waals surface area contributed by atoms with Crippen LogP contribution >= 0.6 is 24.0 Å². The van der Waals surface area contributed by atoms with Gasteiger partial charge in [-0.05, 0) is 18.5 Å². The summed E-state index contributed by atoms with van der Waals surface area (Å²) in [6.45, 7) is 0. The Kier molecular flexibility index (Phi) is 3.13. The fourth-order valence-corrected chi connectivity index (χ4v) is 2.13. The van der Waals surface area contributed by atoms with E-state index in [2.05, 4.69) is 0 Å². The zero-order chi connectivity index (χ0) is 10.9. The van der Waals surface area contributed by atoms with Crippen LogP contribution in [0.5, 0.6) is 0 Å². The Bertz CT molecular complexity index is 518. The molecule has 0 saturated carbocycles. The maximum Gasteiger partial charge on any atom is 0.181 e. The SMILES string of the molecule is CSc1c(C#N)c(=N)n(C)c(=S)n1C. The van der Waals surface area contributed by atoms with Gasteiger partial charge in [0.15, 0.2) is 4.77 Å². The molecule has 0 atom stereocenters. The highest BCUT2D eigenvalue weighted by Crippen LogP contribution is 2.15. The van der Waals surface area contributed by atoms with Gasteiger partial charge in [0.1, 0.15) is 17.1 Å². The van der Waals surface area contributed by atoms with E-state index in [9.17, 15) is 0 Å². The molecule has 0 aromatic carbocycles. The maximum atomic E-state index is 8.93. The summed E-state index contributed by atoms with van der Waals surface area (Å²) in [7, 11) is 3.49. The van der Waals surface area contributed by atoms with Crippen molar-refractivity contribution in [2.75, 3.05) is 6.26 Å². The zero-order valence-electron chi connectivity index (χ0n) is 8.16. The van der Waals surface area contributed by atoms with Crippen LogP contribution in [0.2, 0.25) is 0 Å². The summed E-state index contributed by atoms with van der Waals surface area (Å²) in [6.07, 6.45) is 1.87. The molecular weight excluding hydrogens is 216 g/mol. The first kappa shape index (κ1) is 11.0. The van der Waals surface area contributed by atoms with E-state index < -0.39 is 0 Å². The van der Waals surface area contributed by atoms with Gasteiger partial charge in [0.25, 0.3) is 0 Å². The second-order valence-electron chi connectivity index (χ2n) is 2.75. The lowest BCUT2D eigenvalue weighted by atomic mass is 10.3. The second-order valence-corrected chi connectivity index (χ2v) is 3.91. The molecule has 0 aliphatic heterocycles. The van der Waals surface area contributed by atoms with Crippen LogP contribution in [-0.4, -0.2) is 15.4 Å². The summed E-state index contributed by atoms with van der Waals surface area (Å²) < 4.78 is 3.81. The van der Waals surface area contributed by atoms with E-state index in [0.29, 0.717) is 10.3 Å². The molecule has 4 nitrogen and oxygen atoms in total. The Morgan fingerprint density at radius 2 is 2.00 bits per heavy atom. The van der Waals surface area contributed by atoms with Crippen LogP contribution in [0.1, 0.15) is 5.56 Å². The van der Waals surface area contributed by atoms with Gasteiger partial charge in [0, 0.05) is 14.1 Å². The molecule has 6 heteroatoms. The van der Waals surface area contributed by atoms with E-state index in [-0.39, 0.29) is 5.49 Å². The van der Waals surface area contributed by atoms with Gasteiger partial charge in [-0.25, -0.2) is 0 Å². The van der Waals surface area contributed by atoms with Crippen LogP contribution in [0, 0.1) is 21.5 Å². The molecule has 1 heterocycles. The fraction of sp³-hybridized carbons (Fsp3) is 0.375. The van der Waals surface area contributed by atoms with Crippen LogP contribution in [0.25, 0.3) is 0 Å². The zero-order valence-corrected chi connectivity index (χ0v) is 9.79. The van der Waals surface area contributed by atoms with Gasteiger partial charge in [-0.3, -0.25) is 5.41 Å². The highest BCUT2D eigenvalue weighted by Gasteiger charge is 2.09. The number of thioether (sulfide) groups is 1. The summed E-state index contributed by atoms with van der Waals surface area (Å²) in [6, 6.07) is 2.03. The number of nitrogens with one attached hydrogen (secondary N) is 1. The Morgan fingerprint density at radius 3 is 2.43 bits per heavy atom. The second kappa shape index (κ2) is 3.98. The van der Waals surface area contributed by atoms with E-state index in [0.717, 1.165) is 5.03 Å². The van der Waals surface area contributed by atoms with Crippen molar-refractivity contribution in [1.82, 2.24) is 9.13 Å². The van der Waals surface area contributed by atoms with Gasteiger partial charge in [-0.15, -0.1) is 11.8 Å². The highest BCUT2D eigenvalue weighted by molar-refractivity contribution is 7.98. The third-order valence-corrected chi connectivity index (χ3v) is 3.38. The summed E-state index contributed by atoms with van der Waals surface area (Å²) >= 11 is 6.55. The Morgan fingerprint density at radius 1 is 1.43 bits per heavy atom. The van der Waals surface area contributed by atoms with E-state index in [1.54, 1.807) is 18.7 Å². The van der Waals surface area contributed by atoms with Gasteiger partial charge < -0.3 is 9.13 Å². The van der Waals surface area contributed by atoms with Gasteiger partial charge >= 0.3 is 0 Å². The van der Waals surface area contributed by atoms with E-state index in [1.165, 1.54) is 16.3 Å². The van der Waals surface area contributed by atoms with Crippen LogP contribution in [0.4, 0.5) is 0 Å². The summed E-state index contributed by atoms with van der Waals surface area (Å²) in [5, 5.41) is 17.4. The summed E-state index contributed by atoms with van der Waals surface area (Å²) in [4.78, 5) is 0. The van der Waals surface area contributed by atoms with Gasteiger partial charge in [0.05, 0.1) is 5.03 Å². The standard InChI is InChI=1S/C8H10N4S2/c1-11-6(10)5(4-9)7(14-3)12(2)8(11)13/h10H,1-3H3. The number of hydrogen-bond acceptors (Lipinski definition) is 4. The van der Waals surface area contributed by atoms with E-state index >= 15 is 0 Å². The van der Waals surface area contributed by atoms with Crippen LogP contribution in [-0.2, 0) is 14.1 Å². The van der Waals surface area contributed by atoms with E-state index in [4.69, 9.17) is 22.9 Å². The predicted molar refractivity (Wildman–Crippen MR) is 57.6 cm³/mol. The van der Waals surface area contributed by atoms with Crippen molar-refractivity contribution in [1.29, 1.82) is 10.7 Å². The number of hydrogen-bond donors (Lipinski definition) is 1. The van der Waals surface area contributed by atoms with Crippen molar-refractivity contribution >= 4 is 24.0 Å². The molecule has 0 radical (unpaired) electrons. The van der Waals surface area contributed by atoms with Gasteiger partial charge in [-0.2, -0.15) is 5.26 Å². The smallest absolute Gasteiger partial charge is 0.181 e. The number of rotatable bonds is 1. The molecule has 1 rings (SSSR count). The molecule has 0 unspecified atom stereocenters. The van der Waals surface area contributed by atoms with Crippen molar-refractivity contribution in [3.05, 3.63) is 15.8 Å². The third kappa shape index (κ3) is 1.49. The predicted octanol–water partition coefficient (Wildman–Crippen LogP) is 1.17. The highest BCUT2D eigenvalue weighted by atomic mass is 32.2. The van der Waals surface area contributed by atoms with Crippen molar-refractivity contribution in [2.24, 2.45) is 14.1 Å². The summed E-state index contributed by atoms with van der Waals surface area (Å²) in [5.41, 5.74) is 0.538. The summed E-state index contributed by atoms with van der Waals surface area (Å²) in [5.74, 6) is 0. The topological polar surface area (TPSA) is 57.5 Å². The van der Waals surface area contributed by atoms with Gasteiger partial charge in [0.2, 0.25) is 0 Å². The first-order valence-corrected chi connectivity index (χ1v) is 5.46. The average Bonchev–Trinajstić information content (AvgIpc) is 2.20. The molecule has 0 aliphatic rings. The molecule has 1 N–H and O–H groups in total. The molecule has 0 spiro atoms. The lowest BCUT2D eigenvalue weighted by Crippen LogP contribution is -2.25. The molecule has 14 heavy (non-hydrogen) atoms. The van der Waals surface area contributed by atoms with Crippen molar-refractivity contribution < 1.29 is 0 Å². The number of nitrogens with zero attached hydrogens (tertiary/aromatic N) is 3. The Hall–Kier alpha value is -1.06. The third-order valence-electron chi connectivity index (χ3n) is 1.97. The molecule has 0 bridgehead atoms. The van der Waals surface area contributed by atoms with Crippen molar-refractivity contribution in [3.63, 3.8) is 0 Å². The molecule has 1 aromatic rings. The molecule has 1 aromatic heterocycles. The van der Waals surface area contributed by atoms with E-state index in [1.807, 2.05) is 12.3 Å². The first-order valence-electron chi connectivity index (χ1n) is 3.83. The maximum absolute atomic E-state index is 8.93. The minimum absolute atomic E-state index is 0.167. The molecule has 74 valence electrons. The molecule has 0 aliphatic carbocycles. The lowest BCUT2D eigenvalue weighted by Gasteiger charge is -2.11. The Labute approximate surface area is 91.3 Å². The number of aromatic nitrogens is 2. The van der Waals surface area contributed by atoms with Crippen molar-refractivity contribution in [2.45, 2.75) is 5.03 Å². The van der Waals surface area contributed by atoms with Crippen molar-refractivity contribution in [3.8, 4) is 6.07 Å². The minimum Gasteiger partial charge on any atom is -0.315 e. The normalized spacial score (nSPS) is 9.86. The average molecular weight is 226 g/mol. The first-order chi connectivity index (χ1) is 6.54. The lowest BCUT2D eigenvalue weighted by molar-refractivity contribution is 0.644. The minimum atomic E-state index is 0.167. The fourth-order valence-electron chi connectivity index (χ4n) is 1.18. The monoisotopic (exact) mass is 226 g/mol. The largest absolute Gasteiger partial charge is 0.315 e. The van der Waals surface area contributed by atoms with Gasteiger partial charge in [-0.1, -0.05) is 0 Å². The van der Waals surface area contributed by atoms with Crippen LogP contribution in [0.3, 0.4) is 0 Å². The molecule has 0 amide bonds. The quantitative estimate of drug-likeness (QED) is 0.444. The molecular formula is C8H10N4S2. The molecule has 0 fully saturated rings. The number of nitriles is 1. The van der Waals surface area contributed by atoms with Crippen LogP contribution < -0.4 is 5.49 Å². The molecule has 0 saturated heterocycles. The Balaban J connectivity index is 3.87.